The minimum absolute atomic E-state index is 0.0710. The molecule has 0 N–H and O–H groups in total. The maximum absolute atomic E-state index is 5.83. The van der Waals surface area contributed by atoms with E-state index in [2.05, 4.69) is 54.8 Å². The van der Waals surface area contributed by atoms with Gasteiger partial charge in [-0.15, -0.1) is 11.3 Å². The Kier molecular flexibility index (Phi) is 7.98. The van der Waals surface area contributed by atoms with Gasteiger partial charge in [0.2, 0.25) is 0 Å². The van der Waals surface area contributed by atoms with Gasteiger partial charge in [-0.25, -0.2) is 4.98 Å². The van der Waals surface area contributed by atoms with Crippen molar-refractivity contribution in [2.45, 2.75) is 58.3 Å². The summed E-state index contributed by atoms with van der Waals surface area (Å²) in [5.41, 5.74) is 3.45. The average molecular weight is 460 g/mol. The minimum Gasteiger partial charge on any atom is -0.497 e. The normalized spacial score (nSPS) is 19.1. The van der Waals surface area contributed by atoms with E-state index < -0.39 is 0 Å². The summed E-state index contributed by atoms with van der Waals surface area (Å²) in [6, 6.07) is 0. The van der Waals surface area contributed by atoms with Gasteiger partial charge < -0.3 is 14.2 Å². The van der Waals surface area contributed by atoms with Gasteiger partial charge in [0.15, 0.2) is 10.7 Å². The molecular weight excluding hydrogens is 422 g/mol. The highest BCUT2D eigenvalue weighted by Crippen LogP contribution is 2.37. The molecule has 0 amide bonds. The van der Waals surface area contributed by atoms with Gasteiger partial charge in [-0.3, -0.25) is 9.30 Å². The topological polar surface area (TPSA) is 48.2 Å². The Balaban J connectivity index is 0.000000247. The van der Waals surface area contributed by atoms with E-state index in [0.29, 0.717) is 0 Å². The highest BCUT2D eigenvalue weighted by molar-refractivity contribution is 7.15. The van der Waals surface area contributed by atoms with Crippen LogP contribution in [0.1, 0.15) is 51.4 Å². The van der Waals surface area contributed by atoms with Crippen LogP contribution in [0, 0.1) is 6.92 Å². The molecule has 2 aromatic rings. The largest absolute Gasteiger partial charge is 0.497 e. The monoisotopic (exact) mass is 459 g/mol. The number of allylic oxidation sites excluding steroid dienone is 3. The molecule has 0 bridgehead atoms. The lowest BCUT2D eigenvalue weighted by atomic mass is 9.93. The van der Waals surface area contributed by atoms with Gasteiger partial charge in [-0.1, -0.05) is 18.7 Å². The maximum Gasteiger partial charge on any atom is 0.194 e. The molecule has 0 radical (unpaired) electrons. The Bertz CT molecular complexity index is 956. The van der Waals surface area contributed by atoms with Crippen LogP contribution in [-0.2, 0) is 19.7 Å². The number of hydrogen-bond donors (Lipinski definition) is 0. The molecular formula is C25H37N3O3S. The van der Waals surface area contributed by atoms with Crippen LogP contribution in [0.4, 0.5) is 0 Å². The van der Waals surface area contributed by atoms with Gasteiger partial charge in [0.1, 0.15) is 5.76 Å². The van der Waals surface area contributed by atoms with Crippen molar-refractivity contribution in [3.05, 3.63) is 59.6 Å². The number of thiazole rings is 1. The second kappa shape index (κ2) is 10.3. The number of hydrogen-bond acceptors (Lipinski definition) is 6. The van der Waals surface area contributed by atoms with Gasteiger partial charge in [0.05, 0.1) is 31.6 Å². The van der Waals surface area contributed by atoms with Crippen molar-refractivity contribution >= 4 is 16.3 Å². The van der Waals surface area contributed by atoms with Crippen molar-refractivity contribution < 1.29 is 14.2 Å². The van der Waals surface area contributed by atoms with Gasteiger partial charge >= 0.3 is 0 Å². The zero-order valence-corrected chi connectivity index (χ0v) is 21.0. The summed E-state index contributed by atoms with van der Waals surface area (Å²) in [5, 5.41) is 2.15. The molecule has 2 aliphatic rings. The lowest BCUT2D eigenvalue weighted by Gasteiger charge is -2.44. The number of fused-ring (bicyclic) bond motifs is 1. The van der Waals surface area contributed by atoms with Crippen molar-refractivity contribution in [3.63, 3.8) is 0 Å². The zero-order chi connectivity index (χ0) is 23.4. The van der Waals surface area contributed by atoms with Crippen LogP contribution in [-0.4, -0.2) is 53.5 Å². The standard InChI is InChI=1S/C16H23N3O2S.C9H14O/c1-12-11-22-14-17-13(10-19(12)14)15(2,3)18-6-4-16(5-7-18)20-8-9-21-16;1-5-9(10-4)7-6-8(2)3/h10-11H,4-9H2,1-3H3;5,7H,1-2,6H2,3-4H3. The van der Waals surface area contributed by atoms with Crippen molar-refractivity contribution in [2.24, 2.45) is 0 Å². The average Bonchev–Trinajstić information content (AvgIpc) is 3.48. The van der Waals surface area contributed by atoms with Crippen LogP contribution in [0.5, 0.6) is 0 Å². The first-order valence-electron chi connectivity index (χ1n) is 11.2. The third kappa shape index (κ3) is 5.52. The van der Waals surface area contributed by atoms with E-state index in [1.807, 2.05) is 13.0 Å². The Morgan fingerprint density at radius 2 is 1.97 bits per heavy atom. The first kappa shape index (κ1) is 24.7. The fraction of sp³-hybridized carbons (Fsp3) is 0.560. The van der Waals surface area contributed by atoms with Crippen molar-refractivity contribution in [1.82, 2.24) is 14.3 Å². The van der Waals surface area contributed by atoms with Crippen molar-refractivity contribution in [1.29, 1.82) is 0 Å². The minimum atomic E-state index is -0.308. The number of ether oxygens (including phenoxy) is 3. The number of nitrogens with zero attached hydrogens (tertiary/aromatic N) is 3. The molecule has 2 aliphatic heterocycles. The molecule has 6 nitrogen and oxygen atoms in total. The number of methoxy groups -OCH3 is 1. The van der Waals surface area contributed by atoms with Crippen LogP contribution in [0.25, 0.3) is 4.96 Å². The van der Waals surface area contributed by atoms with Gasteiger partial charge in [0.25, 0.3) is 0 Å². The van der Waals surface area contributed by atoms with Crippen LogP contribution in [0.3, 0.4) is 0 Å². The Labute approximate surface area is 196 Å². The van der Waals surface area contributed by atoms with Gasteiger partial charge in [-0.2, -0.15) is 0 Å². The molecule has 2 aromatic heterocycles. The van der Waals surface area contributed by atoms with E-state index in [4.69, 9.17) is 19.2 Å². The van der Waals surface area contributed by atoms with Gasteiger partial charge in [0, 0.05) is 43.2 Å². The van der Waals surface area contributed by atoms with E-state index in [0.717, 1.165) is 67.6 Å². The fourth-order valence-corrected chi connectivity index (χ4v) is 4.92. The van der Waals surface area contributed by atoms with Crippen LogP contribution in [0.15, 0.2) is 48.2 Å². The van der Waals surface area contributed by atoms with Crippen LogP contribution < -0.4 is 0 Å². The van der Waals surface area contributed by atoms with Crippen molar-refractivity contribution in [3.8, 4) is 0 Å². The molecule has 2 saturated heterocycles. The maximum atomic E-state index is 5.83. The molecule has 7 heteroatoms. The summed E-state index contributed by atoms with van der Waals surface area (Å²) in [4.78, 5) is 8.43. The van der Waals surface area contributed by atoms with Crippen molar-refractivity contribution in [2.75, 3.05) is 33.4 Å². The predicted molar refractivity (Wildman–Crippen MR) is 131 cm³/mol. The van der Waals surface area contributed by atoms with E-state index in [9.17, 15) is 0 Å². The summed E-state index contributed by atoms with van der Waals surface area (Å²) >= 11 is 1.71. The zero-order valence-electron chi connectivity index (χ0n) is 20.1. The van der Waals surface area contributed by atoms with E-state index >= 15 is 0 Å². The molecule has 2 fully saturated rings. The molecule has 176 valence electrons. The SMILES string of the molecule is C=CC(=CCC(=C)C)OC.Cc1csc2nc(C(C)(C)N3CCC4(CC3)OCCO4)cn12. The first-order valence-corrected chi connectivity index (χ1v) is 12.1. The summed E-state index contributed by atoms with van der Waals surface area (Å²) in [7, 11) is 1.63. The highest BCUT2D eigenvalue weighted by Gasteiger charge is 2.43. The lowest BCUT2D eigenvalue weighted by molar-refractivity contribution is -0.192. The predicted octanol–water partition coefficient (Wildman–Crippen LogP) is 5.45. The number of rotatable bonds is 6. The Morgan fingerprint density at radius 1 is 1.31 bits per heavy atom. The second-order valence-electron chi connectivity index (χ2n) is 8.99. The fourth-order valence-electron chi connectivity index (χ4n) is 4.07. The molecule has 0 aliphatic carbocycles. The summed E-state index contributed by atoms with van der Waals surface area (Å²) in [5.74, 6) is 0.501. The molecule has 1 spiro atoms. The number of aryl methyl sites for hydroxylation is 1. The van der Waals surface area contributed by atoms with E-state index in [-0.39, 0.29) is 11.3 Å². The molecule has 4 rings (SSSR count). The molecule has 32 heavy (non-hydrogen) atoms. The number of imidazole rings is 1. The molecule has 0 saturated carbocycles. The first-order chi connectivity index (χ1) is 15.2. The smallest absolute Gasteiger partial charge is 0.194 e. The summed E-state index contributed by atoms with van der Waals surface area (Å²) in [6.45, 7) is 19.4. The molecule has 0 atom stereocenters. The second-order valence-corrected chi connectivity index (χ2v) is 9.82. The van der Waals surface area contributed by atoms with Crippen LogP contribution >= 0.6 is 11.3 Å². The Hall–Kier alpha value is -1.93. The third-order valence-corrected chi connectivity index (χ3v) is 7.19. The number of aromatic nitrogens is 2. The summed E-state index contributed by atoms with van der Waals surface area (Å²) < 4.78 is 18.8. The third-order valence-electron chi connectivity index (χ3n) is 6.23. The van der Waals surface area contributed by atoms with Gasteiger partial charge in [-0.05, 0) is 46.3 Å². The Morgan fingerprint density at radius 3 is 2.50 bits per heavy atom. The molecule has 0 aromatic carbocycles. The number of piperidine rings is 1. The lowest BCUT2D eigenvalue weighted by Crippen LogP contribution is -2.51. The van der Waals surface area contributed by atoms with E-state index in [1.54, 1.807) is 24.5 Å². The number of likely N-dealkylation sites (tertiary alicyclic amines) is 1. The molecule has 0 unspecified atom stereocenters. The summed E-state index contributed by atoms with van der Waals surface area (Å²) in [6.07, 6.45) is 8.57. The quantitative estimate of drug-likeness (QED) is 0.327. The van der Waals surface area contributed by atoms with E-state index in [1.165, 1.54) is 5.69 Å². The highest BCUT2D eigenvalue weighted by atomic mass is 32.1. The molecule has 4 heterocycles. The van der Waals surface area contributed by atoms with Crippen LogP contribution in [0.2, 0.25) is 0 Å².